The van der Waals surface area contributed by atoms with Crippen LogP contribution in [0, 0.1) is 0 Å². The number of hydrogen-bond acceptors (Lipinski definition) is 2. The zero-order valence-electron chi connectivity index (χ0n) is 8.08. The van der Waals surface area contributed by atoms with E-state index in [0.29, 0.717) is 6.54 Å². The first kappa shape index (κ1) is 11.5. The Morgan fingerprint density at radius 2 is 2.17 bits per heavy atom. The quantitative estimate of drug-likeness (QED) is 0.207. The first-order valence-electron chi connectivity index (χ1n) is 4.27. The minimum absolute atomic E-state index is 0.597. The van der Waals surface area contributed by atoms with E-state index < -0.39 is 8.32 Å². The first-order chi connectivity index (χ1) is 5.62. The van der Waals surface area contributed by atoms with Gasteiger partial charge in [0.1, 0.15) is 0 Å². The predicted molar refractivity (Wildman–Crippen MR) is 52.5 cm³/mol. The summed E-state index contributed by atoms with van der Waals surface area (Å²) in [5, 5.41) is 3.48. The third-order valence-electron chi connectivity index (χ3n) is 1.64. The molecule has 0 aromatic rings. The standard InChI is InChI=1S/C7H17N3OSi/c1-4-11-12(2,3)7-5-6-9-10-8/h4-7H2,1-3H3. The molecule has 0 amide bonds. The highest BCUT2D eigenvalue weighted by molar-refractivity contribution is 6.71. The molecule has 0 aliphatic rings. The largest absolute Gasteiger partial charge is 0.418 e. The second kappa shape index (κ2) is 6.05. The van der Waals surface area contributed by atoms with Gasteiger partial charge in [0, 0.05) is 18.1 Å². The molecule has 0 atom stereocenters. The van der Waals surface area contributed by atoms with Crippen LogP contribution in [-0.4, -0.2) is 21.5 Å². The maximum Gasteiger partial charge on any atom is 0.186 e. The summed E-state index contributed by atoms with van der Waals surface area (Å²) in [6.07, 6.45) is 0.948. The molecule has 0 bridgehead atoms. The van der Waals surface area contributed by atoms with E-state index in [1.807, 2.05) is 6.92 Å². The van der Waals surface area contributed by atoms with E-state index in [4.69, 9.17) is 9.96 Å². The summed E-state index contributed by atoms with van der Waals surface area (Å²) in [6.45, 7) is 7.78. The van der Waals surface area contributed by atoms with Crippen LogP contribution < -0.4 is 0 Å². The van der Waals surface area contributed by atoms with Crippen LogP contribution in [0.5, 0.6) is 0 Å². The molecule has 12 heavy (non-hydrogen) atoms. The molecule has 70 valence electrons. The molecule has 0 saturated carbocycles. The van der Waals surface area contributed by atoms with E-state index in [1.165, 1.54) is 0 Å². The van der Waals surface area contributed by atoms with E-state index in [1.54, 1.807) is 0 Å². The smallest absolute Gasteiger partial charge is 0.186 e. The minimum Gasteiger partial charge on any atom is -0.418 e. The number of azide groups is 1. The van der Waals surface area contributed by atoms with Gasteiger partial charge in [-0.05, 0) is 38.0 Å². The lowest BCUT2D eigenvalue weighted by atomic mass is 10.5. The lowest BCUT2D eigenvalue weighted by molar-refractivity contribution is 0.328. The second-order valence-electron chi connectivity index (χ2n) is 3.25. The number of rotatable bonds is 6. The first-order valence-corrected chi connectivity index (χ1v) is 7.39. The molecule has 5 heteroatoms. The molecule has 0 aromatic heterocycles. The van der Waals surface area contributed by atoms with Crippen LogP contribution in [0.25, 0.3) is 10.4 Å². The van der Waals surface area contributed by atoms with Crippen LogP contribution >= 0.6 is 0 Å². The van der Waals surface area contributed by atoms with Gasteiger partial charge in [-0.1, -0.05) is 5.11 Å². The maximum absolute atomic E-state index is 8.04. The predicted octanol–water partition coefficient (Wildman–Crippen LogP) is 2.93. The van der Waals surface area contributed by atoms with Crippen molar-refractivity contribution in [2.45, 2.75) is 32.5 Å². The average Bonchev–Trinajstić information content (AvgIpc) is 1.98. The molecule has 0 aliphatic carbocycles. The van der Waals surface area contributed by atoms with Crippen LogP contribution in [0.4, 0.5) is 0 Å². The van der Waals surface area contributed by atoms with Crippen molar-refractivity contribution in [3.8, 4) is 0 Å². The molecule has 0 aromatic carbocycles. The van der Waals surface area contributed by atoms with Crippen LogP contribution in [0.3, 0.4) is 0 Å². The van der Waals surface area contributed by atoms with Gasteiger partial charge in [0.25, 0.3) is 0 Å². The fraction of sp³-hybridized carbons (Fsp3) is 1.00. The Hall–Kier alpha value is -0.513. The van der Waals surface area contributed by atoms with Gasteiger partial charge in [-0.2, -0.15) is 0 Å². The van der Waals surface area contributed by atoms with Crippen molar-refractivity contribution < 1.29 is 4.43 Å². The van der Waals surface area contributed by atoms with Gasteiger partial charge in [0.05, 0.1) is 0 Å². The van der Waals surface area contributed by atoms with Crippen molar-refractivity contribution in [1.29, 1.82) is 0 Å². The summed E-state index contributed by atoms with van der Waals surface area (Å²) in [5.74, 6) is 0. The van der Waals surface area contributed by atoms with E-state index in [2.05, 4.69) is 23.1 Å². The van der Waals surface area contributed by atoms with E-state index >= 15 is 0 Å². The van der Waals surface area contributed by atoms with Crippen LogP contribution in [0.15, 0.2) is 5.11 Å². The molecule has 0 saturated heterocycles. The van der Waals surface area contributed by atoms with Gasteiger partial charge in [0.2, 0.25) is 0 Å². The summed E-state index contributed by atoms with van der Waals surface area (Å²) < 4.78 is 5.61. The molecule has 0 rings (SSSR count). The van der Waals surface area contributed by atoms with Gasteiger partial charge in [0.15, 0.2) is 8.32 Å². The Morgan fingerprint density at radius 3 is 2.67 bits per heavy atom. The fourth-order valence-corrected chi connectivity index (χ4v) is 3.02. The number of hydrogen-bond donors (Lipinski definition) is 0. The zero-order chi connectivity index (χ0) is 9.45. The zero-order valence-corrected chi connectivity index (χ0v) is 9.08. The SMILES string of the molecule is CCO[Si](C)(C)CCCN=[N+]=[N-]. The van der Waals surface area contributed by atoms with Crippen LogP contribution in [0.2, 0.25) is 19.1 Å². The minimum atomic E-state index is -1.44. The summed E-state index contributed by atoms with van der Waals surface area (Å²) in [7, 11) is -1.44. The van der Waals surface area contributed by atoms with Gasteiger partial charge in [-0.15, -0.1) is 0 Å². The lowest BCUT2D eigenvalue weighted by Crippen LogP contribution is -2.30. The molecule has 0 aliphatic heterocycles. The average molecular weight is 187 g/mol. The Bertz CT molecular complexity index is 166. The molecule has 0 radical (unpaired) electrons. The Balaban J connectivity index is 3.52. The monoisotopic (exact) mass is 187 g/mol. The van der Waals surface area contributed by atoms with Crippen molar-refractivity contribution >= 4 is 8.32 Å². The number of nitrogens with zero attached hydrogens (tertiary/aromatic N) is 3. The van der Waals surface area contributed by atoms with Crippen molar-refractivity contribution in [3.05, 3.63) is 10.4 Å². The maximum atomic E-state index is 8.04. The van der Waals surface area contributed by atoms with Crippen molar-refractivity contribution in [3.63, 3.8) is 0 Å². The fourth-order valence-electron chi connectivity index (χ4n) is 1.08. The van der Waals surface area contributed by atoms with Crippen molar-refractivity contribution in [1.82, 2.24) is 0 Å². The second-order valence-corrected chi connectivity index (χ2v) is 7.56. The van der Waals surface area contributed by atoms with E-state index in [9.17, 15) is 0 Å². The summed E-state index contributed by atoms with van der Waals surface area (Å²) in [6, 6.07) is 1.07. The molecule has 0 heterocycles. The van der Waals surface area contributed by atoms with Gasteiger partial charge in [-0.3, -0.25) is 0 Å². The van der Waals surface area contributed by atoms with E-state index in [-0.39, 0.29) is 0 Å². The summed E-state index contributed by atoms with van der Waals surface area (Å²) in [4.78, 5) is 2.70. The lowest BCUT2D eigenvalue weighted by Gasteiger charge is -2.21. The Morgan fingerprint density at radius 1 is 1.50 bits per heavy atom. The normalized spacial score (nSPS) is 10.9. The highest BCUT2D eigenvalue weighted by Gasteiger charge is 2.20. The molecule has 0 N–H and O–H groups in total. The van der Waals surface area contributed by atoms with E-state index in [0.717, 1.165) is 19.1 Å². The van der Waals surface area contributed by atoms with Gasteiger partial charge >= 0.3 is 0 Å². The third-order valence-corrected chi connectivity index (χ3v) is 4.26. The van der Waals surface area contributed by atoms with Crippen molar-refractivity contribution in [2.75, 3.05) is 13.2 Å². The van der Waals surface area contributed by atoms with Crippen LogP contribution in [-0.2, 0) is 4.43 Å². The Labute approximate surface area is 74.7 Å². The summed E-state index contributed by atoms with van der Waals surface area (Å²) >= 11 is 0. The molecule has 0 fully saturated rings. The molecule has 4 nitrogen and oxygen atoms in total. The highest BCUT2D eigenvalue weighted by atomic mass is 28.4. The van der Waals surface area contributed by atoms with Crippen LogP contribution in [0.1, 0.15) is 13.3 Å². The molecular formula is C7H17N3OSi. The Kier molecular flexibility index (Phi) is 5.79. The highest BCUT2D eigenvalue weighted by Crippen LogP contribution is 2.13. The van der Waals surface area contributed by atoms with Gasteiger partial charge in [-0.25, -0.2) is 0 Å². The third kappa shape index (κ3) is 6.21. The molecule has 0 unspecified atom stereocenters. The molecule has 0 spiro atoms. The van der Waals surface area contributed by atoms with Gasteiger partial charge < -0.3 is 4.43 Å². The topological polar surface area (TPSA) is 58.0 Å². The summed E-state index contributed by atoms with van der Waals surface area (Å²) in [5.41, 5.74) is 8.04. The molecular weight excluding hydrogens is 170 g/mol. The van der Waals surface area contributed by atoms with Crippen molar-refractivity contribution in [2.24, 2.45) is 5.11 Å².